The van der Waals surface area contributed by atoms with E-state index in [1.165, 1.54) is 6.33 Å². The minimum absolute atomic E-state index is 0.0436. The highest BCUT2D eigenvalue weighted by Crippen LogP contribution is 2.10. The Kier molecular flexibility index (Phi) is 4.88. The average Bonchev–Trinajstić information content (AvgIpc) is 3.05. The Hall–Kier alpha value is -1.98. The molecule has 6 heteroatoms. The van der Waals surface area contributed by atoms with Gasteiger partial charge in [-0.05, 0) is 25.3 Å². The predicted octanol–water partition coefficient (Wildman–Crippen LogP) is 2.14. The number of aromatic nitrogens is 5. The number of rotatable bonds is 7. The molecule has 0 saturated carbocycles. The summed E-state index contributed by atoms with van der Waals surface area (Å²) in [6, 6.07) is 1.88. The highest BCUT2D eigenvalue weighted by atomic mass is 16.1. The summed E-state index contributed by atoms with van der Waals surface area (Å²) in [6.45, 7) is 9.73. The average molecular weight is 289 g/mol. The summed E-state index contributed by atoms with van der Waals surface area (Å²) in [5.74, 6) is 1.23. The van der Waals surface area contributed by atoms with Gasteiger partial charge in [0, 0.05) is 13.1 Å². The first kappa shape index (κ1) is 15.4. The van der Waals surface area contributed by atoms with Crippen molar-refractivity contribution >= 4 is 5.78 Å². The Bertz CT molecular complexity index is 611. The van der Waals surface area contributed by atoms with E-state index in [-0.39, 0.29) is 12.2 Å². The van der Waals surface area contributed by atoms with Crippen molar-refractivity contribution in [2.24, 2.45) is 5.92 Å². The Morgan fingerprint density at radius 3 is 2.67 bits per heavy atom. The number of aryl methyl sites for hydroxylation is 2. The van der Waals surface area contributed by atoms with Crippen molar-refractivity contribution < 1.29 is 4.79 Å². The van der Waals surface area contributed by atoms with Gasteiger partial charge in [0.25, 0.3) is 0 Å². The van der Waals surface area contributed by atoms with Crippen molar-refractivity contribution in [3.63, 3.8) is 0 Å². The van der Waals surface area contributed by atoms with E-state index in [0.717, 1.165) is 24.5 Å². The molecule has 2 heterocycles. The molecule has 0 radical (unpaired) electrons. The Morgan fingerprint density at radius 1 is 1.29 bits per heavy atom. The van der Waals surface area contributed by atoms with E-state index >= 15 is 0 Å². The van der Waals surface area contributed by atoms with E-state index < -0.39 is 0 Å². The number of Topliss-reactive ketones (excluding diaryl/α,β-unsaturated/α-hetero) is 1. The first-order valence-electron chi connectivity index (χ1n) is 7.51. The first-order chi connectivity index (χ1) is 10.0. The first-order valence-corrected chi connectivity index (χ1v) is 7.51. The zero-order chi connectivity index (χ0) is 15.4. The van der Waals surface area contributed by atoms with E-state index in [2.05, 4.69) is 29.0 Å². The van der Waals surface area contributed by atoms with E-state index in [4.69, 9.17) is 0 Å². The Morgan fingerprint density at radius 2 is 2.05 bits per heavy atom. The lowest BCUT2D eigenvalue weighted by Crippen LogP contribution is -2.16. The molecule has 0 N–H and O–H groups in total. The van der Waals surface area contributed by atoms with Crippen LogP contribution in [0.25, 0.3) is 0 Å². The molecular formula is C15H23N5O. The maximum atomic E-state index is 12.5. The molecule has 2 aromatic rings. The highest BCUT2D eigenvalue weighted by Gasteiger charge is 2.17. The maximum absolute atomic E-state index is 12.5. The quantitative estimate of drug-likeness (QED) is 0.732. The molecule has 0 aliphatic carbocycles. The molecule has 0 aliphatic rings. The molecule has 6 nitrogen and oxygen atoms in total. The number of carbonyl (C=O) groups excluding carboxylic acids is 1. The minimum atomic E-state index is 0.0436. The Balaban J connectivity index is 2.18. The van der Waals surface area contributed by atoms with Gasteiger partial charge in [-0.2, -0.15) is 10.2 Å². The van der Waals surface area contributed by atoms with Gasteiger partial charge in [-0.15, -0.1) is 0 Å². The van der Waals surface area contributed by atoms with Gasteiger partial charge in [-0.25, -0.2) is 9.67 Å². The van der Waals surface area contributed by atoms with Crippen LogP contribution in [-0.4, -0.2) is 30.3 Å². The van der Waals surface area contributed by atoms with Crippen molar-refractivity contribution in [1.82, 2.24) is 24.5 Å². The molecule has 0 spiro atoms. The van der Waals surface area contributed by atoms with Crippen molar-refractivity contribution in [2.75, 3.05) is 0 Å². The molecule has 2 aromatic heterocycles. The molecule has 21 heavy (non-hydrogen) atoms. The second kappa shape index (κ2) is 6.65. The predicted molar refractivity (Wildman–Crippen MR) is 80.2 cm³/mol. The molecule has 2 rings (SSSR count). The van der Waals surface area contributed by atoms with Gasteiger partial charge in [-0.3, -0.25) is 9.48 Å². The smallest absolute Gasteiger partial charge is 0.188 e. The van der Waals surface area contributed by atoms with Crippen LogP contribution >= 0.6 is 0 Å². The lowest BCUT2D eigenvalue weighted by molar-refractivity contribution is 0.0978. The summed E-state index contributed by atoms with van der Waals surface area (Å²) in [6.07, 6.45) is 2.61. The fraction of sp³-hybridized carbons (Fsp3) is 0.600. The van der Waals surface area contributed by atoms with Crippen LogP contribution < -0.4 is 0 Å². The molecule has 0 saturated heterocycles. The lowest BCUT2D eigenvalue weighted by Gasteiger charge is -2.08. The van der Waals surface area contributed by atoms with Crippen LogP contribution in [0.4, 0.5) is 0 Å². The zero-order valence-corrected chi connectivity index (χ0v) is 13.2. The van der Waals surface area contributed by atoms with E-state index in [1.807, 2.05) is 24.6 Å². The largest absolute Gasteiger partial charge is 0.292 e. The SMILES string of the molecule is CCc1cc(C(=O)Cc2ncnn2CC(C)C)n(CC)n1. The second-order valence-corrected chi connectivity index (χ2v) is 5.54. The number of carbonyl (C=O) groups is 1. The van der Waals surface area contributed by atoms with E-state index in [1.54, 1.807) is 4.68 Å². The van der Waals surface area contributed by atoms with Crippen LogP contribution in [0.2, 0.25) is 0 Å². The van der Waals surface area contributed by atoms with Crippen molar-refractivity contribution in [3.8, 4) is 0 Å². The van der Waals surface area contributed by atoms with Gasteiger partial charge < -0.3 is 0 Å². The number of nitrogens with zero attached hydrogens (tertiary/aromatic N) is 5. The van der Waals surface area contributed by atoms with Crippen LogP contribution in [-0.2, 0) is 25.9 Å². The third-order valence-corrected chi connectivity index (χ3v) is 3.33. The monoisotopic (exact) mass is 289 g/mol. The van der Waals surface area contributed by atoms with Crippen LogP contribution in [0.5, 0.6) is 0 Å². The summed E-state index contributed by atoms with van der Waals surface area (Å²) in [5, 5.41) is 8.62. The standard InChI is InChI=1S/C15H23N5O/c1-5-12-7-13(19(6-2)18-12)14(21)8-15-16-10-17-20(15)9-11(3)4/h7,10-11H,5-6,8-9H2,1-4H3. The fourth-order valence-corrected chi connectivity index (χ4v) is 2.27. The van der Waals surface area contributed by atoms with Gasteiger partial charge in [0.15, 0.2) is 5.78 Å². The van der Waals surface area contributed by atoms with E-state index in [9.17, 15) is 4.79 Å². The maximum Gasteiger partial charge on any atom is 0.188 e. The number of hydrogen-bond acceptors (Lipinski definition) is 4. The van der Waals surface area contributed by atoms with Crippen molar-refractivity contribution in [1.29, 1.82) is 0 Å². The van der Waals surface area contributed by atoms with Crippen LogP contribution in [0.3, 0.4) is 0 Å². The van der Waals surface area contributed by atoms with Crippen LogP contribution in [0, 0.1) is 5.92 Å². The molecule has 0 fully saturated rings. The molecule has 0 bridgehead atoms. The van der Waals surface area contributed by atoms with Gasteiger partial charge in [0.05, 0.1) is 12.1 Å². The van der Waals surface area contributed by atoms with Crippen molar-refractivity contribution in [3.05, 3.63) is 29.6 Å². The Labute approximate surface area is 125 Å². The third-order valence-electron chi connectivity index (χ3n) is 3.33. The molecule has 0 aromatic carbocycles. The summed E-state index contributed by atoms with van der Waals surface area (Å²) in [7, 11) is 0. The van der Waals surface area contributed by atoms with E-state index in [0.29, 0.717) is 18.2 Å². The minimum Gasteiger partial charge on any atom is -0.292 e. The number of ketones is 1. The number of hydrogen-bond donors (Lipinski definition) is 0. The van der Waals surface area contributed by atoms with Gasteiger partial charge >= 0.3 is 0 Å². The molecule has 0 aliphatic heterocycles. The van der Waals surface area contributed by atoms with Gasteiger partial charge in [0.1, 0.15) is 17.8 Å². The molecule has 114 valence electrons. The summed E-state index contributed by atoms with van der Waals surface area (Å²) >= 11 is 0. The van der Waals surface area contributed by atoms with Crippen molar-refractivity contribution in [2.45, 2.75) is 53.6 Å². The zero-order valence-electron chi connectivity index (χ0n) is 13.2. The lowest BCUT2D eigenvalue weighted by atomic mass is 10.1. The third kappa shape index (κ3) is 3.56. The van der Waals surface area contributed by atoms with Crippen LogP contribution in [0.15, 0.2) is 12.4 Å². The van der Waals surface area contributed by atoms with Crippen LogP contribution in [0.1, 0.15) is 49.7 Å². The van der Waals surface area contributed by atoms with Gasteiger partial charge in [-0.1, -0.05) is 20.8 Å². The molecule has 0 unspecified atom stereocenters. The highest BCUT2D eigenvalue weighted by molar-refractivity contribution is 5.95. The topological polar surface area (TPSA) is 65.6 Å². The molecular weight excluding hydrogens is 266 g/mol. The summed E-state index contributed by atoms with van der Waals surface area (Å²) < 4.78 is 3.58. The fourth-order valence-electron chi connectivity index (χ4n) is 2.27. The normalized spacial score (nSPS) is 11.3. The summed E-state index contributed by atoms with van der Waals surface area (Å²) in [4.78, 5) is 16.7. The molecule has 0 atom stereocenters. The molecule has 0 amide bonds. The second-order valence-electron chi connectivity index (χ2n) is 5.54. The summed E-state index contributed by atoms with van der Waals surface area (Å²) in [5.41, 5.74) is 1.61. The van der Waals surface area contributed by atoms with Gasteiger partial charge in [0.2, 0.25) is 0 Å².